The minimum atomic E-state index is -4.40. The predicted octanol–water partition coefficient (Wildman–Crippen LogP) is 1.61. The minimum Gasteiger partial charge on any atom is -0.344 e. The lowest BCUT2D eigenvalue weighted by atomic mass is 10.3. The second kappa shape index (κ2) is 5.84. The lowest BCUT2D eigenvalue weighted by molar-refractivity contribution is -0.141. The fourth-order valence-corrected chi connectivity index (χ4v) is 3.01. The van der Waals surface area contributed by atoms with Crippen molar-refractivity contribution in [1.82, 2.24) is 24.0 Å². The first-order valence-electron chi connectivity index (χ1n) is 6.77. The van der Waals surface area contributed by atoms with Crippen LogP contribution in [0.15, 0.2) is 12.4 Å². The average Bonchev–Trinajstić information content (AvgIpc) is 3.10. The molecule has 2 aromatic heterocycles. The van der Waals surface area contributed by atoms with Crippen molar-refractivity contribution in [2.75, 3.05) is 31.1 Å². The van der Waals surface area contributed by atoms with Gasteiger partial charge >= 0.3 is 6.18 Å². The number of aromatic nitrogens is 4. The van der Waals surface area contributed by atoms with Gasteiger partial charge in [0.25, 0.3) is 0 Å². The Morgan fingerprint density at radius 3 is 2.50 bits per heavy atom. The van der Waals surface area contributed by atoms with Crippen LogP contribution in [0.5, 0.6) is 0 Å². The number of piperazine rings is 1. The van der Waals surface area contributed by atoms with Crippen LogP contribution in [0.4, 0.5) is 18.3 Å². The largest absolute Gasteiger partial charge is 0.435 e. The van der Waals surface area contributed by atoms with E-state index < -0.39 is 11.9 Å². The summed E-state index contributed by atoms with van der Waals surface area (Å²) in [5.74, 6) is 0. The van der Waals surface area contributed by atoms with Gasteiger partial charge < -0.3 is 4.90 Å². The van der Waals surface area contributed by atoms with Gasteiger partial charge in [0.2, 0.25) is 5.13 Å². The van der Waals surface area contributed by atoms with Crippen molar-refractivity contribution in [3.63, 3.8) is 0 Å². The summed E-state index contributed by atoms with van der Waals surface area (Å²) in [6, 6.07) is 1.12. The number of nitrogens with zero attached hydrogens (tertiary/aromatic N) is 6. The SMILES string of the molecule is Cn1nc(C(F)(F)F)cc1CN1CCN(c2ncns2)CC1. The Labute approximate surface area is 129 Å². The van der Waals surface area contributed by atoms with Crippen molar-refractivity contribution in [3.8, 4) is 0 Å². The standard InChI is InChI=1S/C12H15F3N6S/c1-19-9(6-10(18-19)12(13,14)15)7-20-2-4-21(5-3-20)11-16-8-17-22-11/h6,8H,2-5,7H2,1H3. The normalized spacial score (nSPS) is 17.2. The molecule has 1 aliphatic rings. The highest BCUT2D eigenvalue weighted by molar-refractivity contribution is 7.09. The Balaban J connectivity index is 1.60. The molecule has 1 aliphatic heterocycles. The molecule has 0 amide bonds. The van der Waals surface area contributed by atoms with Crippen LogP contribution in [0.2, 0.25) is 0 Å². The van der Waals surface area contributed by atoms with Gasteiger partial charge in [0.1, 0.15) is 6.33 Å². The van der Waals surface area contributed by atoms with Gasteiger partial charge in [0.15, 0.2) is 5.69 Å². The molecule has 3 heterocycles. The summed E-state index contributed by atoms with van der Waals surface area (Å²) in [6.45, 7) is 3.58. The van der Waals surface area contributed by atoms with E-state index in [4.69, 9.17) is 0 Å². The maximum Gasteiger partial charge on any atom is 0.435 e. The van der Waals surface area contributed by atoms with E-state index in [0.29, 0.717) is 12.2 Å². The fourth-order valence-electron chi connectivity index (χ4n) is 2.43. The third kappa shape index (κ3) is 3.22. The number of anilines is 1. The lowest BCUT2D eigenvalue weighted by Gasteiger charge is -2.34. The molecule has 22 heavy (non-hydrogen) atoms. The lowest BCUT2D eigenvalue weighted by Crippen LogP contribution is -2.46. The van der Waals surface area contributed by atoms with Crippen molar-refractivity contribution >= 4 is 16.7 Å². The van der Waals surface area contributed by atoms with E-state index in [2.05, 4.69) is 24.3 Å². The molecule has 1 saturated heterocycles. The summed E-state index contributed by atoms with van der Waals surface area (Å²) in [7, 11) is 1.54. The van der Waals surface area contributed by atoms with Gasteiger partial charge in [-0.1, -0.05) is 0 Å². The van der Waals surface area contributed by atoms with Crippen LogP contribution in [-0.2, 0) is 19.8 Å². The Hall–Kier alpha value is -1.68. The summed E-state index contributed by atoms with van der Waals surface area (Å²) in [5, 5.41) is 4.43. The molecule has 1 fully saturated rings. The Kier molecular flexibility index (Phi) is 4.04. The van der Waals surface area contributed by atoms with Crippen LogP contribution >= 0.6 is 11.5 Å². The van der Waals surface area contributed by atoms with Gasteiger partial charge in [-0.05, 0) is 6.07 Å². The second-order valence-electron chi connectivity index (χ2n) is 5.13. The minimum absolute atomic E-state index is 0.462. The van der Waals surface area contributed by atoms with Crippen LogP contribution in [0.3, 0.4) is 0 Å². The number of aryl methyl sites for hydroxylation is 1. The van der Waals surface area contributed by atoms with Crippen LogP contribution in [-0.4, -0.2) is 50.2 Å². The summed E-state index contributed by atoms with van der Waals surface area (Å²) in [5.41, 5.74) is -0.269. The van der Waals surface area contributed by atoms with Crippen molar-refractivity contribution in [2.45, 2.75) is 12.7 Å². The van der Waals surface area contributed by atoms with E-state index >= 15 is 0 Å². The first kappa shape index (κ1) is 15.2. The predicted molar refractivity (Wildman–Crippen MR) is 75.6 cm³/mol. The van der Waals surface area contributed by atoms with E-state index in [9.17, 15) is 13.2 Å². The molecular formula is C12H15F3N6S. The summed E-state index contributed by atoms with van der Waals surface area (Å²) in [6.07, 6.45) is -2.87. The smallest absolute Gasteiger partial charge is 0.344 e. The van der Waals surface area contributed by atoms with Gasteiger partial charge in [0, 0.05) is 51.3 Å². The van der Waals surface area contributed by atoms with Crippen LogP contribution in [0.1, 0.15) is 11.4 Å². The quantitative estimate of drug-likeness (QED) is 0.855. The molecule has 0 N–H and O–H groups in total. The molecule has 0 bridgehead atoms. The molecule has 0 unspecified atom stereocenters. The number of hydrogen-bond donors (Lipinski definition) is 0. The molecule has 6 nitrogen and oxygen atoms in total. The number of hydrogen-bond acceptors (Lipinski definition) is 6. The van der Waals surface area contributed by atoms with Gasteiger partial charge in [-0.15, -0.1) is 0 Å². The van der Waals surface area contributed by atoms with Crippen LogP contribution in [0, 0.1) is 0 Å². The molecule has 120 valence electrons. The highest BCUT2D eigenvalue weighted by Crippen LogP contribution is 2.28. The van der Waals surface area contributed by atoms with Gasteiger partial charge in [-0.3, -0.25) is 9.58 Å². The van der Waals surface area contributed by atoms with Crippen LogP contribution < -0.4 is 4.90 Å². The highest BCUT2D eigenvalue weighted by atomic mass is 32.1. The first-order chi connectivity index (χ1) is 10.4. The summed E-state index contributed by atoms with van der Waals surface area (Å²) >= 11 is 1.35. The van der Waals surface area contributed by atoms with E-state index in [-0.39, 0.29) is 0 Å². The summed E-state index contributed by atoms with van der Waals surface area (Å²) < 4.78 is 43.3. The molecule has 2 aromatic rings. The summed E-state index contributed by atoms with van der Waals surface area (Å²) in [4.78, 5) is 8.43. The zero-order valence-corrected chi connectivity index (χ0v) is 12.7. The van der Waals surface area contributed by atoms with Gasteiger partial charge in [-0.2, -0.15) is 22.6 Å². The molecule has 0 spiro atoms. The van der Waals surface area contributed by atoms with E-state index in [0.717, 1.165) is 37.4 Å². The Bertz CT molecular complexity index is 615. The molecule has 0 radical (unpaired) electrons. The van der Waals surface area contributed by atoms with E-state index in [1.807, 2.05) is 0 Å². The molecular weight excluding hydrogens is 317 g/mol. The van der Waals surface area contributed by atoms with Crippen molar-refractivity contribution < 1.29 is 13.2 Å². The van der Waals surface area contributed by atoms with Gasteiger partial charge in [-0.25, -0.2) is 4.98 Å². The molecule has 0 aromatic carbocycles. The molecule has 0 saturated carbocycles. The number of rotatable bonds is 3. The molecule has 10 heteroatoms. The topological polar surface area (TPSA) is 50.1 Å². The Morgan fingerprint density at radius 2 is 1.95 bits per heavy atom. The average molecular weight is 332 g/mol. The first-order valence-corrected chi connectivity index (χ1v) is 7.55. The zero-order valence-electron chi connectivity index (χ0n) is 11.9. The van der Waals surface area contributed by atoms with Crippen molar-refractivity contribution in [1.29, 1.82) is 0 Å². The second-order valence-corrected chi connectivity index (χ2v) is 5.89. The maximum absolute atomic E-state index is 12.7. The van der Waals surface area contributed by atoms with Crippen LogP contribution in [0.25, 0.3) is 0 Å². The Morgan fingerprint density at radius 1 is 1.23 bits per heavy atom. The monoisotopic (exact) mass is 332 g/mol. The zero-order chi connectivity index (χ0) is 15.7. The van der Waals surface area contributed by atoms with Crippen molar-refractivity contribution in [2.24, 2.45) is 7.05 Å². The third-order valence-corrected chi connectivity index (χ3v) is 4.37. The fraction of sp³-hybridized carbons (Fsp3) is 0.583. The molecule has 3 rings (SSSR count). The highest BCUT2D eigenvalue weighted by Gasteiger charge is 2.34. The number of halogens is 3. The maximum atomic E-state index is 12.7. The van der Waals surface area contributed by atoms with Crippen molar-refractivity contribution in [3.05, 3.63) is 23.8 Å². The molecule has 0 atom stereocenters. The van der Waals surface area contributed by atoms with Gasteiger partial charge in [0.05, 0.1) is 5.69 Å². The van der Waals surface area contributed by atoms with E-state index in [1.54, 1.807) is 7.05 Å². The molecule has 0 aliphatic carbocycles. The third-order valence-electron chi connectivity index (χ3n) is 3.65. The van der Waals surface area contributed by atoms with E-state index in [1.165, 1.54) is 22.5 Å². The number of alkyl halides is 3.